The molecule has 3 aromatic rings. The summed E-state index contributed by atoms with van der Waals surface area (Å²) in [5, 5.41) is 11.0. The van der Waals surface area contributed by atoms with Gasteiger partial charge in [0.25, 0.3) is 5.56 Å². The van der Waals surface area contributed by atoms with Crippen LogP contribution in [0.4, 0.5) is 0 Å². The lowest BCUT2D eigenvalue weighted by atomic mass is 9.95. The maximum absolute atomic E-state index is 12.6. The van der Waals surface area contributed by atoms with Crippen LogP contribution in [0.25, 0.3) is 16.9 Å². The molecule has 134 valence electrons. The molecule has 1 aliphatic rings. The van der Waals surface area contributed by atoms with Crippen LogP contribution in [-0.2, 0) is 11.3 Å². The fraction of sp³-hybridized carbons (Fsp3) is 0.389. The van der Waals surface area contributed by atoms with Crippen LogP contribution in [0, 0.1) is 0 Å². The number of hydrogen-bond acceptors (Lipinski definition) is 5. The van der Waals surface area contributed by atoms with Crippen molar-refractivity contribution < 1.29 is 4.79 Å². The normalized spacial score (nSPS) is 15.2. The minimum Gasteiger partial charge on any atom is -0.352 e. The Morgan fingerprint density at radius 1 is 1.15 bits per heavy atom. The van der Waals surface area contributed by atoms with Gasteiger partial charge in [0.1, 0.15) is 12.9 Å². The summed E-state index contributed by atoms with van der Waals surface area (Å²) in [6, 6.07) is 9.58. The summed E-state index contributed by atoms with van der Waals surface area (Å²) in [4.78, 5) is 29.2. The van der Waals surface area contributed by atoms with Gasteiger partial charge in [0.15, 0.2) is 11.2 Å². The Kier molecular flexibility index (Phi) is 4.47. The number of carbonyl (C=O) groups is 1. The van der Waals surface area contributed by atoms with Crippen LogP contribution in [0.3, 0.4) is 0 Å². The van der Waals surface area contributed by atoms with Crippen LogP contribution in [0.1, 0.15) is 32.1 Å². The molecular weight excluding hydrogens is 332 g/mol. The minimum absolute atomic E-state index is 0.0591. The van der Waals surface area contributed by atoms with Crippen molar-refractivity contribution in [3.63, 3.8) is 0 Å². The van der Waals surface area contributed by atoms with Crippen molar-refractivity contribution in [1.82, 2.24) is 29.9 Å². The Morgan fingerprint density at radius 2 is 1.92 bits per heavy atom. The standard InChI is InChI=1S/C18H20N6O2/c25-15(20-13-7-3-1-4-8-13)11-23-12-19-17-16(18(23)26)21-22-24(17)14-9-5-2-6-10-14/h2,5-6,9-10,12-13H,1,3-4,7-8,11H2,(H,20,25). The smallest absolute Gasteiger partial charge is 0.284 e. The van der Waals surface area contributed by atoms with Gasteiger partial charge < -0.3 is 5.32 Å². The number of rotatable bonds is 4. The first-order chi connectivity index (χ1) is 12.7. The van der Waals surface area contributed by atoms with Gasteiger partial charge in [-0.2, -0.15) is 4.68 Å². The van der Waals surface area contributed by atoms with E-state index in [0.717, 1.165) is 31.4 Å². The van der Waals surface area contributed by atoms with Crippen LogP contribution in [0.2, 0.25) is 0 Å². The van der Waals surface area contributed by atoms with E-state index in [1.165, 1.54) is 22.0 Å². The van der Waals surface area contributed by atoms with Gasteiger partial charge >= 0.3 is 0 Å². The Balaban J connectivity index is 1.56. The van der Waals surface area contributed by atoms with Crippen molar-refractivity contribution >= 4 is 17.1 Å². The molecule has 2 heterocycles. The van der Waals surface area contributed by atoms with E-state index >= 15 is 0 Å². The van der Waals surface area contributed by atoms with E-state index in [2.05, 4.69) is 20.6 Å². The van der Waals surface area contributed by atoms with E-state index in [0.29, 0.717) is 5.65 Å². The van der Waals surface area contributed by atoms with Crippen LogP contribution >= 0.6 is 0 Å². The van der Waals surface area contributed by atoms with Crippen LogP contribution in [0.15, 0.2) is 41.5 Å². The van der Waals surface area contributed by atoms with Gasteiger partial charge in [-0.05, 0) is 25.0 Å². The van der Waals surface area contributed by atoms with E-state index in [4.69, 9.17) is 0 Å². The predicted molar refractivity (Wildman–Crippen MR) is 95.9 cm³/mol. The molecule has 0 spiro atoms. The summed E-state index contributed by atoms with van der Waals surface area (Å²) in [7, 11) is 0. The molecule has 0 radical (unpaired) electrons. The van der Waals surface area contributed by atoms with Gasteiger partial charge in [-0.1, -0.05) is 42.7 Å². The molecule has 0 aliphatic heterocycles. The number of benzene rings is 1. The molecule has 4 rings (SSSR count). The van der Waals surface area contributed by atoms with Crippen LogP contribution in [-0.4, -0.2) is 36.5 Å². The molecule has 1 aliphatic carbocycles. The molecule has 0 saturated heterocycles. The van der Waals surface area contributed by atoms with Crippen molar-refractivity contribution in [2.45, 2.75) is 44.7 Å². The fourth-order valence-corrected chi connectivity index (χ4v) is 3.37. The summed E-state index contributed by atoms with van der Waals surface area (Å²) >= 11 is 0. The van der Waals surface area contributed by atoms with Crippen LogP contribution < -0.4 is 10.9 Å². The second kappa shape index (κ2) is 7.07. The average Bonchev–Trinajstić information content (AvgIpc) is 3.10. The zero-order valence-corrected chi connectivity index (χ0v) is 14.3. The molecule has 26 heavy (non-hydrogen) atoms. The fourth-order valence-electron chi connectivity index (χ4n) is 3.37. The molecule has 0 atom stereocenters. The molecular formula is C18H20N6O2. The van der Waals surface area contributed by atoms with E-state index < -0.39 is 0 Å². The van der Waals surface area contributed by atoms with Gasteiger partial charge in [0.05, 0.1) is 5.69 Å². The highest BCUT2D eigenvalue weighted by atomic mass is 16.2. The summed E-state index contributed by atoms with van der Waals surface area (Å²) in [6.45, 7) is -0.0591. The van der Waals surface area contributed by atoms with E-state index in [1.54, 1.807) is 0 Å². The molecule has 1 aromatic carbocycles. The summed E-state index contributed by atoms with van der Waals surface area (Å²) < 4.78 is 2.80. The summed E-state index contributed by atoms with van der Waals surface area (Å²) in [5.41, 5.74) is 0.942. The first kappa shape index (κ1) is 16.4. The van der Waals surface area contributed by atoms with Gasteiger partial charge in [-0.3, -0.25) is 14.2 Å². The number of para-hydroxylation sites is 1. The maximum atomic E-state index is 12.6. The zero-order valence-electron chi connectivity index (χ0n) is 14.3. The lowest BCUT2D eigenvalue weighted by Gasteiger charge is -2.22. The first-order valence-electron chi connectivity index (χ1n) is 8.88. The quantitative estimate of drug-likeness (QED) is 0.766. The zero-order chi connectivity index (χ0) is 17.9. The highest BCUT2D eigenvalue weighted by Crippen LogP contribution is 2.17. The molecule has 1 N–H and O–H groups in total. The second-order valence-electron chi connectivity index (χ2n) is 6.59. The van der Waals surface area contributed by atoms with Crippen molar-refractivity contribution in [1.29, 1.82) is 0 Å². The Bertz CT molecular complexity index is 972. The summed E-state index contributed by atoms with van der Waals surface area (Å²) in [6.07, 6.45) is 6.89. The van der Waals surface area contributed by atoms with E-state index in [9.17, 15) is 9.59 Å². The first-order valence-corrected chi connectivity index (χ1v) is 8.88. The number of hydrogen-bond donors (Lipinski definition) is 1. The van der Waals surface area contributed by atoms with Gasteiger partial charge in [-0.25, -0.2) is 4.98 Å². The van der Waals surface area contributed by atoms with Crippen molar-refractivity contribution in [3.05, 3.63) is 47.0 Å². The van der Waals surface area contributed by atoms with E-state index in [-0.39, 0.29) is 29.6 Å². The summed E-state index contributed by atoms with van der Waals surface area (Å²) in [5.74, 6) is -0.171. The highest BCUT2D eigenvalue weighted by molar-refractivity contribution is 5.76. The lowest BCUT2D eigenvalue weighted by Crippen LogP contribution is -2.39. The number of amides is 1. The van der Waals surface area contributed by atoms with Crippen molar-refractivity contribution in [2.24, 2.45) is 0 Å². The molecule has 1 fully saturated rings. The molecule has 8 heteroatoms. The maximum Gasteiger partial charge on any atom is 0.284 e. The molecule has 2 aromatic heterocycles. The number of fused-ring (bicyclic) bond motifs is 1. The minimum atomic E-state index is -0.365. The molecule has 1 amide bonds. The van der Waals surface area contributed by atoms with Crippen LogP contribution in [0.5, 0.6) is 0 Å². The van der Waals surface area contributed by atoms with Gasteiger partial charge in [0.2, 0.25) is 5.91 Å². The van der Waals surface area contributed by atoms with Gasteiger partial charge in [0, 0.05) is 6.04 Å². The number of aromatic nitrogens is 5. The topological polar surface area (TPSA) is 94.7 Å². The largest absolute Gasteiger partial charge is 0.352 e. The van der Waals surface area contributed by atoms with Crippen molar-refractivity contribution in [3.8, 4) is 5.69 Å². The second-order valence-corrected chi connectivity index (χ2v) is 6.59. The number of carbonyl (C=O) groups excluding carboxylic acids is 1. The number of nitrogens with one attached hydrogen (secondary N) is 1. The third kappa shape index (κ3) is 3.22. The average molecular weight is 352 g/mol. The third-order valence-electron chi connectivity index (χ3n) is 4.71. The number of nitrogens with zero attached hydrogens (tertiary/aromatic N) is 5. The Hall–Kier alpha value is -3.03. The lowest BCUT2D eigenvalue weighted by molar-refractivity contribution is -0.122. The SMILES string of the molecule is O=C(Cn1cnc2c(nnn2-c2ccccc2)c1=O)NC1CCCCC1. The monoisotopic (exact) mass is 352 g/mol. The Labute approximate surface area is 149 Å². The molecule has 1 saturated carbocycles. The molecule has 0 unspecified atom stereocenters. The highest BCUT2D eigenvalue weighted by Gasteiger charge is 2.18. The van der Waals surface area contributed by atoms with Crippen molar-refractivity contribution in [2.75, 3.05) is 0 Å². The molecule has 8 nitrogen and oxygen atoms in total. The van der Waals surface area contributed by atoms with E-state index in [1.807, 2.05) is 30.3 Å². The van der Waals surface area contributed by atoms with Gasteiger partial charge in [-0.15, -0.1) is 5.10 Å². The molecule has 0 bridgehead atoms. The predicted octanol–water partition coefficient (Wildman–Crippen LogP) is 1.43. The Morgan fingerprint density at radius 3 is 2.69 bits per heavy atom. The third-order valence-corrected chi connectivity index (χ3v) is 4.71.